The first-order valence-corrected chi connectivity index (χ1v) is 12.7. The zero-order valence-corrected chi connectivity index (χ0v) is 23.3. The summed E-state index contributed by atoms with van der Waals surface area (Å²) in [6, 6.07) is 0.483. The highest BCUT2D eigenvalue weighted by atomic mass is 16.3. The van der Waals surface area contributed by atoms with Gasteiger partial charge in [0.2, 0.25) is 11.7 Å². The van der Waals surface area contributed by atoms with Crippen LogP contribution in [0.25, 0.3) is 5.76 Å². The number of aliphatic hydroxyl groups excluding tert-OH is 2. The van der Waals surface area contributed by atoms with Crippen molar-refractivity contribution in [2.24, 2.45) is 17.6 Å². The highest BCUT2D eigenvalue weighted by molar-refractivity contribution is 6.24. The van der Waals surface area contributed by atoms with Gasteiger partial charge in [0.15, 0.2) is 11.4 Å². The number of aliphatic hydroxyl groups is 3. The molecule has 0 radical (unpaired) electrons. The average Bonchev–Trinajstić information content (AvgIpc) is 2.84. The molecule has 0 aromatic heterocycles. The molecule has 1 saturated carbocycles. The number of nitrogens with one attached hydrogen (secondary N) is 1. The average molecular weight is 558 g/mol. The first-order chi connectivity index (χ1) is 18.5. The van der Waals surface area contributed by atoms with Gasteiger partial charge in [0, 0.05) is 45.4 Å². The van der Waals surface area contributed by atoms with Crippen molar-refractivity contribution in [3.63, 3.8) is 0 Å². The van der Waals surface area contributed by atoms with E-state index in [4.69, 9.17) is 5.73 Å². The van der Waals surface area contributed by atoms with Gasteiger partial charge in [-0.05, 0) is 44.5 Å². The molecular formula is C27H35N5O8. The molecule has 1 fully saturated rings. The number of ketones is 2. The summed E-state index contributed by atoms with van der Waals surface area (Å²) in [4.78, 5) is 56.1. The standard InChI is InChI=1S/C27H35N5O8/c1-30(2)15-9-14(29-10-16(33)31(3)4)21(34)18-12(15)7-11-8-13-20(32(5)6)23(36)19(26(28)39)25(38)27(13,40)24(37)17(11)22(18)35/h9,11,13,20,29,34-35,38,40H,7-8,10H2,1-6H3,(H2,28,39)/t11-,13-,20-,27-/m0/s1. The van der Waals surface area contributed by atoms with Crippen LogP contribution in [0, 0.1) is 11.8 Å². The van der Waals surface area contributed by atoms with Gasteiger partial charge < -0.3 is 41.3 Å². The molecule has 4 atom stereocenters. The van der Waals surface area contributed by atoms with E-state index in [9.17, 15) is 39.6 Å². The fourth-order valence-corrected chi connectivity index (χ4v) is 6.15. The molecule has 1 aromatic rings. The van der Waals surface area contributed by atoms with Crippen LogP contribution >= 0.6 is 0 Å². The fourth-order valence-electron chi connectivity index (χ4n) is 6.15. The number of anilines is 2. The number of phenols is 1. The second-order valence-corrected chi connectivity index (χ2v) is 11.1. The largest absolute Gasteiger partial charge is 0.508 e. The lowest BCUT2D eigenvalue weighted by molar-refractivity contribution is -0.153. The van der Waals surface area contributed by atoms with E-state index in [-0.39, 0.29) is 42.1 Å². The van der Waals surface area contributed by atoms with Crippen LogP contribution in [0.1, 0.15) is 17.5 Å². The number of amides is 2. The van der Waals surface area contributed by atoms with Crippen molar-refractivity contribution in [3.8, 4) is 5.75 Å². The topological polar surface area (TPSA) is 197 Å². The van der Waals surface area contributed by atoms with Gasteiger partial charge in [-0.15, -0.1) is 0 Å². The summed E-state index contributed by atoms with van der Waals surface area (Å²) < 4.78 is 0. The number of fused-ring (bicyclic) bond motifs is 3. The molecule has 3 aliphatic rings. The molecule has 0 bridgehead atoms. The third-order valence-corrected chi connectivity index (χ3v) is 8.11. The quantitative estimate of drug-likeness (QED) is 0.195. The van der Waals surface area contributed by atoms with E-state index in [1.807, 2.05) is 0 Å². The number of carbonyl (C=O) groups is 4. The van der Waals surface area contributed by atoms with Crippen molar-refractivity contribution in [1.82, 2.24) is 9.80 Å². The van der Waals surface area contributed by atoms with E-state index in [0.717, 1.165) is 0 Å². The molecule has 3 aliphatic carbocycles. The van der Waals surface area contributed by atoms with Crippen molar-refractivity contribution in [1.29, 1.82) is 0 Å². The van der Waals surface area contributed by atoms with E-state index in [0.29, 0.717) is 11.3 Å². The highest BCUT2D eigenvalue weighted by Crippen LogP contribution is 2.54. The Kier molecular flexibility index (Phi) is 7.10. The van der Waals surface area contributed by atoms with Gasteiger partial charge in [0.25, 0.3) is 5.91 Å². The predicted molar refractivity (Wildman–Crippen MR) is 146 cm³/mol. The molecule has 0 heterocycles. The number of benzene rings is 1. The summed E-state index contributed by atoms with van der Waals surface area (Å²) in [5, 5.41) is 48.3. The molecule has 0 spiro atoms. The maximum Gasteiger partial charge on any atom is 0.255 e. The summed E-state index contributed by atoms with van der Waals surface area (Å²) in [6.07, 6.45) is 0.156. The molecule has 7 N–H and O–H groups in total. The Morgan fingerprint density at radius 1 is 1.10 bits per heavy atom. The second kappa shape index (κ2) is 9.82. The summed E-state index contributed by atoms with van der Waals surface area (Å²) in [6.45, 7) is -0.152. The van der Waals surface area contributed by atoms with E-state index >= 15 is 0 Å². The van der Waals surface area contributed by atoms with Crippen LogP contribution < -0.4 is 16.0 Å². The Morgan fingerprint density at radius 2 is 1.73 bits per heavy atom. The van der Waals surface area contributed by atoms with Crippen LogP contribution in [-0.2, 0) is 25.6 Å². The number of primary amides is 1. The number of hydrogen-bond acceptors (Lipinski definition) is 11. The van der Waals surface area contributed by atoms with Gasteiger partial charge in [-0.2, -0.15) is 0 Å². The summed E-state index contributed by atoms with van der Waals surface area (Å²) in [5.74, 6) is -7.42. The van der Waals surface area contributed by atoms with Crippen molar-refractivity contribution in [2.75, 3.05) is 59.0 Å². The smallest absolute Gasteiger partial charge is 0.255 e. The maximum atomic E-state index is 14.0. The van der Waals surface area contributed by atoms with Crippen molar-refractivity contribution in [3.05, 3.63) is 34.1 Å². The van der Waals surface area contributed by atoms with Crippen LogP contribution in [0.4, 0.5) is 11.4 Å². The van der Waals surface area contributed by atoms with Gasteiger partial charge in [-0.1, -0.05) is 0 Å². The predicted octanol–water partition coefficient (Wildman–Crippen LogP) is -0.470. The minimum absolute atomic E-state index is 0.00324. The van der Waals surface area contributed by atoms with E-state index in [1.165, 1.54) is 9.80 Å². The fraction of sp³-hybridized carbons (Fsp3) is 0.481. The van der Waals surface area contributed by atoms with Crippen molar-refractivity contribution in [2.45, 2.75) is 24.5 Å². The van der Waals surface area contributed by atoms with Gasteiger partial charge >= 0.3 is 0 Å². The van der Waals surface area contributed by atoms with Crippen LogP contribution in [0.3, 0.4) is 0 Å². The number of rotatable bonds is 6. The van der Waals surface area contributed by atoms with Gasteiger partial charge in [0.1, 0.15) is 22.8 Å². The highest BCUT2D eigenvalue weighted by Gasteiger charge is 2.64. The summed E-state index contributed by atoms with van der Waals surface area (Å²) >= 11 is 0. The maximum absolute atomic E-state index is 14.0. The Labute approximate surface area is 231 Å². The van der Waals surface area contributed by atoms with E-state index in [1.54, 1.807) is 53.3 Å². The molecule has 40 heavy (non-hydrogen) atoms. The summed E-state index contributed by atoms with van der Waals surface area (Å²) in [7, 11) is 9.78. The van der Waals surface area contributed by atoms with Crippen molar-refractivity contribution >= 4 is 40.5 Å². The minimum atomic E-state index is -2.71. The molecule has 13 nitrogen and oxygen atoms in total. The van der Waals surface area contributed by atoms with Gasteiger partial charge in [-0.3, -0.25) is 24.1 Å². The van der Waals surface area contributed by atoms with E-state index < -0.39 is 63.8 Å². The third kappa shape index (κ3) is 4.07. The molecule has 216 valence electrons. The molecule has 0 saturated heterocycles. The van der Waals surface area contributed by atoms with Gasteiger partial charge in [-0.25, -0.2) is 0 Å². The molecule has 0 aliphatic heterocycles. The van der Waals surface area contributed by atoms with Crippen molar-refractivity contribution < 1.29 is 39.6 Å². The number of carbonyl (C=O) groups excluding carboxylic acids is 4. The zero-order chi connectivity index (χ0) is 30.0. The molecular weight excluding hydrogens is 522 g/mol. The van der Waals surface area contributed by atoms with Crippen LogP contribution in [-0.4, -0.2) is 114 Å². The number of hydrogen-bond donors (Lipinski definition) is 6. The molecule has 13 heteroatoms. The van der Waals surface area contributed by atoms with E-state index in [2.05, 4.69) is 5.32 Å². The molecule has 2 amide bonds. The molecule has 0 unspecified atom stereocenters. The number of nitrogens with two attached hydrogens (primary N) is 1. The number of likely N-dealkylation sites (N-methyl/N-ethyl adjacent to an activating group) is 2. The lowest BCUT2D eigenvalue weighted by atomic mass is 9.57. The van der Waals surface area contributed by atoms with Crippen LogP contribution in [0.5, 0.6) is 5.75 Å². The zero-order valence-electron chi connectivity index (χ0n) is 23.3. The number of phenolic OH excluding ortho intramolecular Hbond substituents is 1. The summed E-state index contributed by atoms with van der Waals surface area (Å²) in [5.41, 5.74) is 2.76. The Morgan fingerprint density at radius 3 is 2.25 bits per heavy atom. The molecule has 1 aromatic carbocycles. The lowest BCUT2D eigenvalue weighted by Crippen LogP contribution is -2.65. The third-order valence-electron chi connectivity index (χ3n) is 8.11. The normalized spacial score (nSPS) is 25.9. The first kappa shape index (κ1) is 28.9. The monoisotopic (exact) mass is 557 g/mol. The van der Waals surface area contributed by atoms with Crippen LogP contribution in [0.15, 0.2) is 23.0 Å². The second-order valence-electron chi connectivity index (χ2n) is 11.1. The Balaban J connectivity index is 1.93. The number of aromatic hydroxyl groups is 1. The molecule has 4 rings (SSSR count). The Bertz CT molecular complexity index is 1400. The number of Topliss-reactive ketones (excluding diaryl/α,β-unsaturated/α-hetero) is 2. The SMILES string of the molecule is CN(C)C(=O)CNc1cc(N(C)C)c2c(c1O)C(O)=C1C(=O)[C@]3(O)C(O)=C(C(N)=O)C(=O)[C@@H](N(C)C)[C@@H]3C[C@@H]1C2. The lowest BCUT2D eigenvalue weighted by Gasteiger charge is -2.50. The minimum Gasteiger partial charge on any atom is -0.508 e. The Hall–Kier alpha value is -4.10. The van der Waals surface area contributed by atoms with Gasteiger partial charge in [0.05, 0.1) is 23.8 Å². The van der Waals surface area contributed by atoms with Crippen LogP contribution in [0.2, 0.25) is 0 Å². The first-order valence-electron chi connectivity index (χ1n) is 12.7. The number of nitrogens with zero attached hydrogens (tertiary/aromatic N) is 3.